The Kier molecular flexibility index (Phi) is 4.59. The van der Waals surface area contributed by atoms with E-state index in [0.29, 0.717) is 0 Å². The Morgan fingerprint density at radius 1 is 0.818 bits per heavy atom. The Balaban J connectivity index is 2.18. The van der Waals surface area contributed by atoms with Crippen LogP contribution in [0.2, 0.25) is 0 Å². The van der Waals surface area contributed by atoms with Crippen LogP contribution >= 0.6 is 12.2 Å². The first-order chi connectivity index (χ1) is 10.5. The van der Waals surface area contributed by atoms with Gasteiger partial charge in [0.25, 0.3) is 11.4 Å². The first-order valence-electron chi connectivity index (χ1n) is 6.04. The summed E-state index contributed by atoms with van der Waals surface area (Å²) in [6.45, 7) is 0. The Hall–Kier alpha value is -3.07. The van der Waals surface area contributed by atoms with Gasteiger partial charge in [0.2, 0.25) is 0 Å². The SMILES string of the molecule is O=[N+]([O-])c1ccccc1NC(=S)Nc1ccccc1[N+](=O)[O-]. The van der Waals surface area contributed by atoms with Gasteiger partial charge in [-0.1, -0.05) is 24.3 Å². The number of thiocarbonyl (C=S) groups is 1. The highest BCUT2D eigenvalue weighted by Crippen LogP contribution is 2.25. The fourth-order valence-electron chi connectivity index (χ4n) is 1.75. The topological polar surface area (TPSA) is 110 Å². The highest BCUT2D eigenvalue weighted by Gasteiger charge is 2.16. The molecule has 2 N–H and O–H groups in total. The number of nitrogens with zero attached hydrogens (tertiary/aromatic N) is 2. The normalized spacial score (nSPS) is 9.82. The number of rotatable bonds is 4. The molecule has 9 heteroatoms. The smallest absolute Gasteiger partial charge is 0.292 e. The van der Waals surface area contributed by atoms with Gasteiger partial charge in [-0.25, -0.2) is 0 Å². The van der Waals surface area contributed by atoms with Crippen LogP contribution in [0.5, 0.6) is 0 Å². The number of hydrogen-bond acceptors (Lipinski definition) is 5. The van der Waals surface area contributed by atoms with Crippen molar-refractivity contribution >= 4 is 40.1 Å². The fourth-order valence-corrected chi connectivity index (χ4v) is 1.97. The Morgan fingerprint density at radius 2 is 1.18 bits per heavy atom. The molecule has 0 fully saturated rings. The van der Waals surface area contributed by atoms with E-state index in [1.54, 1.807) is 12.1 Å². The van der Waals surface area contributed by atoms with Gasteiger partial charge in [0.05, 0.1) is 9.85 Å². The van der Waals surface area contributed by atoms with Gasteiger partial charge in [0, 0.05) is 12.1 Å². The minimum absolute atomic E-state index is 0.0172. The largest absolute Gasteiger partial charge is 0.327 e. The van der Waals surface area contributed by atoms with E-state index >= 15 is 0 Å². The van der Waals surface area contributed by atoms with E-state index in [2.05, 4.69) is 10.6 Å². The van der Waals surface area contributed by atoms with Gasteiger partial charge in [0.15, 0.2) is 5.11 Å². The van der Waals surface area contributed by atoms with Crippen LogP contribution in [0.4, 0.5) is 22.7 Å². The van der Waals surface area contributed by atoms with Crippen LogP contribution in [-0.2, 0) is 0 Å². The average molecular weight is 318 g/mol. The average Bonchev–Trinajstić information content (AvgIpc) is 2.47. The molecule has 2 rings (SSSR count). The molecule has 0 bridgehead atoms. The van der Waals surface area contributed by atoms with Crippen LogP contribution in [0.3, 0.4) is 0 Å². The summed E-state index contributed by atoms with van der Waals surface area (Å²) >= 11 is 5.04. The molecule has 0 heterocycles. The van der Waals surface area contributed by atoms with Crippen molar-refractivity contribution in [3.05, 3.63) is 68.8 Å². The molecule has 8 nitrogen and oxygen atoms in total. The zero-order chi connectivity index (χ0) is 16.1. The second-order valence-corrected chi connectivity index (χ2v) is 4.54. The van der Waals surface area contributed by atoms with Gasteiger partial charge in [-0.05, 0) is 24.4 Å². The molecular weight excluding hydrogens is 308 g/mol. The van der Waals surface area contributed by atoms with Gasteiger partial charge in [-0.3, -0.25) is 20.2 Å². The van der Waals surface area contributed by atoms with Crippen molar-refractivity contribution in [1.82, 2.24) is 0 Å². The standard InChI is InChI=1S/C13H10N4O4S/c18-16(19)11-7-3-1-5-9(11)14-13(22)15-10-6-2-4-8-12(10)17(20)21/h1-8H,(H2,14,15,22). The lowest BCUT2D eigenvalue weighted by Gasteiger charge is -2.10. The zero-order valence-corrected chi connectivity index (χ0v) is 11.9. The predicted octanol–water partition coefficient (Wildman–Crippen LogP) is 3.31. The van der Waals surface area contributed by atoms with Gasteiger partial charge >= 0.3 is 0 Å². The second-order valence-electron chi connectivity index (χ2n) is 4.13. The van der Waals surface area contributed by atoms with Gasteiger partial charge in [-0.15, -0.1) is 0 Å². The van der Waals surface area contributed by atoms with Crippen LogP contribution in [0.15, 0.2) is 48.5 Å². The van der Waals surface area contributed by atoms with Crippen LogP contribution in [0.1, 0.15) is 0 Å². The summed E-state index contributed by atoms with van der Waals surface area (Å²) in [5.41, 5.74) is 0.107. The third-order valence-electron chi connectivity index (χ3n) is 2.70. The molecule has 0 saturated carbocycles. The number of nitro benzene ring substituents is 2. The summed E-state index contributed by atoms with van der Waals surface area (Å²) < 4.78 is 0. The summed E-state index contributed by atoms with van der Waals surface area (Å²) in [6, 6.07) is 11.9. The van der Waals surface area contributed by atoms with E-state index in [0.717, 1.165) is 0 Å². The van der Waals surface area contributed by atoms with E-state index in [-0.39, 0.29) is 27.9 Å². The summed E-state index contributed by atoms with van der Waals surface area (Å²) in [5.74, 6) is 0. The van der Waals surface area contributed by atoms with E-state index in [9.17, 15) is 20.2 Å². The number of anilines is 2. The number of nitro groups is 2. The Morgan fingerprint density at radius 3 is 1.55 bits per heavy atom. The molecular formula is C13H10N4O4S. The van der Waals surface area contributed by atoms with Crippen molar-refractivity contribution < 1.29 is 9.85 Å². The first kappa shape index (κ1) is 15.3. The van der Waals surface area contributed by atoms with Crippen LogP contribution in [0.25, 0.3) is 0 Å². The Labute approximate surface area is 130 Å². The molecule has 0 aliphatic heterocycles. The summed E-state index contributed by atoms with van der Waals surface area (Å²) in [7, 11) is 0. The molecule has 2 aromatic carbocycles. The van der Waals surface area contributed by atoms with Crippen molar-refractivity contribution in [3.8, 4) is 0 Å². The molecule has 0 aliphatic carbocycles. The quantitative estimate of drug-likeness (QED) is 0.505. The molecule has 0 atom stereocenters. The molecule has 0 aliphatic rings. The molecule has 22 heavy (non-hydrogen) atoms. The van der Waals surface area contributed by atoms with Crippen molar-refractivity contribution in [2.24, 2.45) is 0 Å². The van der Waals surface area contributed by atoms with E-state index in [1.165, 1.54) is 36.4 Å². The summed E-state index contributed by atoms with van der Waals surface area (Å²) in [5, 5.41) is 27.2. The molecule has 112 valence electrons. The number of nitrogens with one attached hydrogen (secondary N) is 2. The lowest BCUT2D eigenvalue weighted by atomic mass is 10.2. The highest BCUT2D eigenvalue weighted by molar-refractivity contribution is 7.80. The van der Waals surface area contributed by atoms with E-state index in [1.807, 2.05) is 0 Å². The van der Waals surface area contributed by atoms with Crippen LogP contribution < -0.4 is 10.6 Å². The van der Waals surface area contributed by atoms with E-state index in [4.69, 9.17) is 12.2 Å². The zero-order valence-electron chi connectivity index (χ0n) is 11.1. The molecule has 0 spiro atoms. The van der Waals surface area contributed by atoms with Crippen molar-refractivity contribution in [2.75, 3.05) is 10.6 Å². The number of benzene rings is 2. The first-order valence-corrected chi connectivity index (χ1v) is 6.44. The third-order valence-corrected chi connectivity index (χ3v) is 2.90. The molecule has 0 aromatic heterocycles. The Bertz CT molecular complexity index is 689. The van der Waals surface area contributed by atoms with E-state index < -0.39 is 9.85 Å². The lowest BCUT2D eigenvalue weighted by molar-refractivity contribution is -0.384. The highest BCUT2D eigenvalue weighted by atomic mass is 32.1. The van der Waals surface area contributed by atoms with Crippen LogP contribution in [-0.4, -0.2) is 15.0 Å². The summed E-state index contributed by atoms with van der Waals surface area (Å²) in [4.78, 5) is 20.7. The predicted molar refractivity (Wildman–Crippen MR) is 86.0 cm³/mol. The van der Waals surface area contributed by atoms with Gasteiger partial charge < -0.3 is 10.6 Å². The fraction of sp³-hybridized carbons (Fsp3) is 0. The van der Waals surface area contributed by atoms with Crippen molar-refractivity contribution in [3.63, 3.8) is 0 Å². The minimum Gasteiger partial charge on any atom is -0.327 e. The van der Waals surface area contributed by atoms with Crippen LogP contribution in [0, 0.1) is 20.2 Å². The third kappa shape index (κ3) is 3.52. The lowest BCUT2D eigenvalue weighted by Crippen LogP contribution is -2.20. The number of hydrogen-bond donors (Lipinski definition) is 2. The summed E-state index contributed by atoms with van der Waals surface area (Å²) in [6.07, 6.45) is 0. The maximum Gasteiger partial charge on any atom is 0.292 e. The monoisotopic (exact) mass is 318 g/mol. The molecule has 0 unspecified atom stereocenters. The molecule has 0 saturated heterocycles. The van der Waals surface area contributed by atoms with Gasteiger partial charge in [0.1, 0.15) is 11.4 Å². The maximum atomic E-state index is 10.9. The molecule has 0 amide bonds. The molecule has 0 radical (unpaired) electrons. The van der Waals surface area contributed by atoms with Gasteiger partial charge in [-0.2, -0.15) is 0 Å². The van der Waals surface area contributed by atoms with Crippen molar-refractivity contribution in [2.45, 2.75) is 0 Å². The number of para-hydroxylation sites is 4. The minimum atomic E-state index is -0.546. The van der Waals surface area contributed by atoms with Crippen molar-refractivity contribution in [1.29, 1.82) is 0 Å². The molecule has 2 aromatic rings. The second kappa shape index (κ2) is 6.59. The maximum absolute atomic E-state index is 10.9.